The van der Waals surface area contributed by atoms with Gasteiger partial charge in [-0.15, -0.1) is 0 Å². The highest BCUT2D eigenvalue weighted by molar-refractivity contribution is 6.06. The normalized spacial score (nSPS) is 11.0. The Bertz CT molecular complexity index is 1060. The van der Waals surface area contributed by atoms with E-state index in [9.17, 15) is 22.8 Å². The van der Waals surface area contributed by atoms with Gasteiger partial charge >= 0.3 is 6.18 Å². The number of hydrogen-bond acceptors (Lipinski definition) is 3. The number of aromatic nitrogens is 1. The number of benzene rings is 2. The van der Waals surface area contributed by atoms with Gasteiger partial charge in [-0.25, -0.2) is 4.98 Å². The van der Waals surface area contributed by atoms with Crippen LogP contribution in [0.4, 0.5) is 24.5 Å². The van der Waals surface area contributed by atoms with Crippen LogP contribution in [-0.4, -0.2) is 16.8 Å². The molecular formula is C21H16F3N3O2. The first kappa shape index (κ1) is 20.1. The Morgan fingerprint density at radius 2 is 1.45 bits per heavy atom. The summed E-state index contributed by atoms with van der Waals surface area (Å²) in [6.45, 7) is 1.84. The minimum Gasteiger partial charge on any atom is -0.321 e. The Hall–Kier alpha value is -3.68. The second-order valence-electron chi connectivity index (χ2n) is 6.21. The molecule has 0 unspecified atom stereocenters. The van der Waals surface area contributed by atoms with E-state index in [1.807, 2.05) is 19.1 Å². The molecule has 148 valence electrons. The minimum absolute atomic E-state index is 0.00458. The first-order chi connectivity index (χ1) is 13.7. The van der Waals surface area contributed by atoms with E-state index in [1.165, 1.54) is 30.3 Å². The molecule has 3 aromatic rings. The highest BCUT2D eigenvalue weighted by atomic mass is 19.4. The largest absolute Gasteiger partial charge is 0.416 e. The Kier molecular flexibility index (Phi) is 5.63. The molecule has 5 nitrogen and oxygen atoms in total. The van der Waals surface area contributed by atoms with Crippen molar-refractivity contribution in [1.29, 1.82) is 0 Å². The van der Waals surface area contributed by atoms with Crippen molar-refractivity contribution in [2.24, 2.45) is 0 Å². The number of rotatable bonds is 4. The van der Waals surface area contributed by atoms with Gasteiger partial charge in [0.15, 0.2) is 0 Å². The van der Waals surface area contributed by atoms with Crippen molar-refractivity contribution in [1.82, 2.24) is 4.98 Å². The number of aryl methyl sites for hydroxylation is 1. The predicted octanol–water partition coefficient (Wildman–Crippen LogP) is 4.91. The molecule has 8 heteroatoms. The minimum atomic E-state index is -4.52. The molecule has 29 heavy (non-hydrogen) atoms. The number of nitrogens with zero attached hydrogens (tertiary/aromatic N) is 1. The summed E-state index contributed by atoms with van der Waals surface area (Å²) in [5.41, 5.74) is 0.471. The number of carbonyl (C=O) groups is 2. The third-order valence-corrected chi connectivity index (χ3v) is 4.06. The highest BCUT2D eigenvalue weighted by Crippen LogP contribution is 2.30. The molecule has 0 aliphatic heterocycles. The van der Waals surface area contributed by atoms with Crippen LogP contribution in [0.25, 0.3) is 0 Å². The Morgan fingerprint density at radius 1 is 0.828 bits per heavy atom. The Morgan fingerprint density at radius 3 is 2.10 bits per heavy atom. The summed E-state index contributed by atoms with van der Waals surface area (Å²) < 4.78 is 38.4. The zero-order chi connectivity index (χ0) is 21.0. The summed E-state index contributed by atoms with van der Waals surface area (Å²) in [6.07, 6.45) is -4.52. The second kappa shape index (κ2) is 8.14. The molecule has 0 aliphatic rings. The first-order valence-corrected chi connectivity index (χ1v) is 8.57. The number of halogens is 3. The quantitative estimate of drug-likeness (QED) is 0.655. The third-order valence-electron chi connectivity index (χ3n) is 4.06. The number of carbonyl (C=O) groups excluding carboxylic acids is 2. The molecule has 0 spiro atoms. The molecule has 2 N–H and O–H groups in total. The van der Waals surface area contributed by atoms with Crippen LogP contribution in [0.15, 0.2) is 66.7 Å². The number of nitrogens with one attached hydrogen (secondary N) is 2. The summed E-state index contributed by atoms with van der Waals surface area (Å²) in [4.78, 5) is 28.8. The van der Waals surface area contributed by atoms with Gasteiger partial charge in [0, 0.05) is 11.4 Å². The van der Waals surface area contributed by atoms with Crippen molar-refractivity contribution in [3.63, 3.8) is 0 Å². The van der Waals surface area contributed by atoms with E-state index in [1.54, 1.807) is 12.1 Å². The third kappa shape index (κ3) is 4.98. The fourth-order valence-corrected chi connectivity index (χ4v) is 2.56. The van der Waals surface area contributed by atoms with Crippen molar-refractivity contribution in [3.05, 3.63) is 89.2 Å². The molecule has 0 saturated carbocycles. The zero-order valence-electron chi connectivity index (χ0n) is 15.2. The van der Waals surface area contributed by atoms with Gasteiger partial charge in [0.25, 0.3) is 11.8 Å². The average Bonchev–Trinajstić information content (AvgIpc) is 2.69. The van der Waals surface area contributed by atoms with Crippen LogP contribution in [0.2, 0.25) is 0 Å². The van der Waals surface area contributed by atoms with E-state index in [0.717, 1.165) is 17.7 Å². The maximum Gasteiger partial charge on any atom is 0.416 e. The van der Waals surface area contributed by atoms with Crippen LogP contribution in [0, 0.1) is 6.92 Å². The summed E-state index contributed by atoms with van der Waals surface area (Å²) in [5, 5.41) is 5.07. The van der Waals surface area contributed by atoms with Crippen LogP contribution in [0.3, 0.4) is 0 Å². The second-order valence-corrected chi connectivity index (χ2v) is 6.21. The summed E-state index contributed by atoms with van der Waals surface area (Å²) in [7, 11) is 0. The van der Waals surface area contributed by atoms with E-state index >= 15 is 0 Å². The number of amides is 2. The number of para-hydroxylation sites is 1. The van der Waals surface area contributed by atoms with Gasteiger partial charge in [-0.2, -0.15) is 13.2 Å². The molecule has 0 atom stereocenters. The lowest BCUT2D eigenvalue weighted by molar-refractivity contribution is -0.137. The Labute approximate surface area is 164 Å². The number of hydrogen-bond donors (Lipinski definition) is 2. The fourth-order valence-electron chi connectivity index (χ4n) is 2.56. The molecule has 1 heterocycles. The highest BCUT2D eigenvalue weighted by Gasteiger charge is 2.30. The molecule has 1 aromatic heterocycles. The van der Waals surface area contributed by atoms with E-state index < -0.39 is 23.6 Å². The van der Waals surface area contributed by atoms with Crippen LogP contribution >= 0.6 is 0 Å². The molecule has 3 rings (SSSR count). The lowest BCUT2D eigenvalue weighted by atomic mass is 10.2. The molecule has 2 amide bonds. The standard InChI is InChI=1S/C21H16F3N3O2/c1-13-6-2-3-9-16(13)27-20(29)18-11-5-10-17(26-18)19(28)25-15-8-4-7-14(12-15)21(22,23)24/h2-12H,1H3,(H,25,28)(H,27,29). The van der Waals surface area contributed by atoms with Crippen molar-refractivity contribution in [3.8, 4) is 0 Å². The summed E-state index contributed by atoms with van der Waals surface area (Å²) >= 11 is 0. The van der Waals surface area contributed by atoms with Gasteiger partial charge in [-0.1, -0.05) is 30.3 Å². The molecule has 2 aromatic carbocycles. The Balaban J connectivity index is 1.76. The maximum atomic E-state index is 12.8. The van der Waals surface area contributed by atoms with Crippen molar-refractivity contribution in [2.45, 2.75) is 13.1 Å². The van der Waals surface area contributed by atoms with Gasteiger partial charge in [0.05, 0.1) is 5.56 Å². The van der Waals surface area contributed by atoms with Gasteiger partial charge in [-0.3, -0.25) is 9.59 Å². The number of alkyl halides is 3. The average molecular weight is 399 g/mol. The monoisotopic (exact) mass is 399 g/mol. The summed E-state index contributed by atoms with van der Waals surface area (Å²) in [6, 6.07) is 15.7. The van der Waals surface area contributed by atoms with Gasteiger partial charge < -0.3 is 10.6 Å². The van der Waals surface area contributed by atoms with Crippen molar-refractivity contribution < 1.29 is 22.8 Å². The topological polar surface area (TPSA) is 71.1 Å². The lowest BCUT2D eigenvalue weighted by Gasteiger charge is -2.10. The molecule has 0 radical (unpaired) electrons. The number of pyridine rings is 1. The van der Waals surface area contributed by atoms with E-state index in [4.69, 9.17) is 0 Å². The van der Waals surface area contributed by atoms with Crippen LogP contribution in [-0.2, 0) is 6.18 Å². The molecule has 0 bridgehead atoms. The van der Waals surface area contributed by atoms with E-state index in [0.29, 0.717) is 5.69 Å². The van der Waals surface area contributed by atoms with Crippen molar-refractivity contribution >= 4 is 23.2 Å². The SMILES string of the molecule is Cc1ccccc1NC(=O)c1cccc(C(=O)Nc2cccc(C(F)(F)F)c2)n1. The molecule has 0 aliphatic carbocycles. The van der Waals surface area contributed by atoms with Gasteiger partial charge in [0.1, 0.15) is 11.4 Å². The van der Waals surface area contributed by atoms with E-state index in [-0.39, 0.29) is 17.1 Å². The van der Waals surface area contributed by atoms with E-state index in [2.05, 4.69) is 15.6 Å². The first-order valence-electron chi connectivity index (χ1n) is 8.57. The zero-order valence-corrected chi connectivity index (χ0v) is 15.2. The molecule has 0 saturated heterocycles. The maximum absolute atomic E-state index is 12.8. The van der Waals surface area contributed by atoms with Crippen LogP contribution < -0.4 is 10.6 Å². The fraction of sp³-hybridized carbons (Fsp3) is 0.0952. The predicted molar refractivity (Wildman–Crippen MR) is 103 cm³/mol. The smallest absolute Gasteiger partial charge is 0.321 e. The summed E-state index contributed by atoms with van der Waals surface area (Å²) in [5.74, 6) is -1.23. The molecular weight excluding hydrogens is 383 g/mol. The number of anilines is 2. The van der Waals surface area contributed by atoms with Gasteiger partial charge in [0.2, 0.25) is 0 Å². The van der Waals surface area contributed by atoms with Crippen LogP contribution in [0.1, 0.15) is 32.1 Å². The van der Waals surface area contributed by atoms with Crippen molar-refractivity contribution in [2.75, 3.05) is 10.6 Å². The van der Waals surface area contributed by atoms with Crippen LogP contribution in [0.5, 0.6) is 0 Å². The molecule has 0 fully saturated rings. The lowest BCUT2D eigenvalue weighted by Crippen LogP contribution is -2.19. The van der Waals surface area contributed by atoms with Gasteiger partial charge in [-0.05, 0) is 48.9 Å².